The lowest BCUT2D eigenvalue weighted by molar-refractivity contribution is 0.304. The van der Waals surface area contributed by atoms with Gasteiger partial charge in [0.2, 0.25) is 0 Å². The van der Waals surface area contributed by atoms with Gasteiger partial charge >= 0.3 is 0 Å². The van der Waals surface area contributed by atoms with Gasteiger partial charge in [0, 0.05) is 5.56 Å². The van der Waals surface area contributed by atoms with Crippen molar-refractivity contribution < 1.29 is 4.39 Å². The first kappa shape index (κ1) is 13.9. The maximum Gasteiger partial charge on any atom is 0.123 e. The Hall–Kier alpha value is -1.55. The third-order valence-corrected chi connectivity index (χ3v) is 3.98. The minimum absolute atomic E-state index is 0.214. The van der Waals surface area contributed by atoms with Gasteiger partial charge in [0.05, 0.1) is 0 Å². The van der Waals surface area contributed by atoms with Crippen molar-refractivity contribution in [2.75, 3.05) is 0 Å². The Morgan fingerprint density at radius 1 is 1.16 bits per heavy atom. The Bertz CT molecular complexity index is 465. The molecule has 0 aromatic heterocycles. The second kappa shape index (κ2) is 7.14. The summed E-state index contributed by atoms with van der Waals surface area (Å²) < 4.78 is 12.7. The predicted octanol–water partition coefficient (Wildman–Crippen LogP) is 4.95. The zero-order valence-corrected chi connectivity index (χ0v) is 11.5. The predicted molar refractivity (Wildman–Crippen MR) is 78.2 cm³/mol. The van der Waals surface area contributed by atoms with E-state index in [0.29, 0.717) is 5.92 Å². The van der Waals surface area contributed by atoms with Gasteiger partial charge in [-0.1, -0.05) is 31.3 Å². The van der Waals surface area contributed by atoms with Crippen LogP contribution in [0.25, 0.3) is 0 Å². The standard InChI is InChI=1S/C18H21F/c1-2-15-7-9-16(10-8-15)5-3-4-6-17-11-13-18(19)14-12-17/h3,5,11-16H,2,7-10H2,1H3. The van der Waals surface area contributed by atoms with E-state index >= 15 is 0 Å². The first-order valence-electron chi connectivity index (χ1n) is 7.21. The summed E-state index contributed by atoms with van der Waals surface area (Å²) >= 11 is 0. The van der Waals surface area contributed by atoms with E-state index in [0.717, 1.165) is 11.5 Å². The van der Waals surface area contributed by atoms with Crippen LogP contribution in [0.3, 0.4) is 0 Å². The molecule has 0 nitrogen and oxygen atoms in total. The highest BCUT2D eigenvalue weighted by molar-refractivity contribution is 5.36. The molecule has 1 aliphatic rings. The third kappa shape index (κ3) is 4.56. The Morgan fingerprint density at radius 3 is 2.47 bits per heavy atom. The Labute approximate surface area is 115 Å². The highest BCUT2D eigenvalue weighted by atomic mass is 19.1. The normalized spacial score (nSPS) is 23.1. The summed E-state index contributed by atoms with van der Waals surface area (Å²) in [5, 5.41) is 0. The first-order valence-corrected chi connectivity index (χ1v) is 7.21. The van der Waals surface area contributed by atoms with Gasteiger partial charge in [0.15, 0.2) is 0 Å². The Balaban J connectivity index is 1.82. The van der Waals surface area contributed by atoms with E-state index in [-0.39, 0.29) is 5.82 Å². The number of hydrogen-bond acceptors (Lipinski definition) is 0. The van der Waals surface area contributed by atoms with Gasteiger partial charge in [-0.15, -0.1) is 0 Å². The van der Waals surface area contributed by atoms with Crippen LogP contribution in [0.1, 0.15) is 44.6 Å². The van der Waals surface area contributed by atoms with Crippen LogP contribution in [-0.4, -0.2) is 0 Å². The number of rotatable bonds is 2. The number of halogens is 1. The van der Waals surface area contributed by atoms with Crippen LogP contribution in [-0.2, 0) is 0 Å². The minimum atomic E-state index is -0.214. The smallest absolute Gasteiger partial charge is 0.123 e. The fourth-order valence-corrected chi connectivity index (χ4v) is 2.63. The SMILES string of the molecule is CCC1CCC(C=CC#Cc2ccc(F)cc2)CC1. The topological polar surface area (TPSA) is 0 Å². The molecule has 2 rings (SSSR count). The molecule has 0 radical (unpaired) electrons. The van der Waals surface area contributed by atoms with Crippen molar-refractivity contribution in [1.29, 1.82) is 0 Å². The van der Waals surface area contributed by atoms with Gasteiger partial charge < -0.3 is 0 Å². The molecule has 0 saturated heterocycles. The molecule has 0 unspecified atom stereocenters. The number of benzene rings is 1. The lowest BCUT2D eigenvalue weighted by Gasteiger charge is -2.25. The summed E-state index contributed by atoms with van der Waals surface area (Å²) in [7, 11) is 0. The first-order chi connectivity index (χ1) is 9.28. The second-order valence-corrected chi connectivity index (χ2v) is 5.32. The van der Waals surface area contributed by atoms with Crippen LogP contribution in [0.15, 0.2) is 36.4 Å². The number of hydrogen-bond donors (Lipinski definition) is 0. The van der Waals surface area contributed by atoms with Crippen molar-refractivity contribution in [2.45, 2.75) is 39.0 Å². The molecule has 1 aliphatic carbocycles. The van der Waals surface area contributed by atoms with Crippen molar-refractivity contribution >= 4 is 0 Å². The molecule has 0 N–H and O–H groups in total. The van der Waals surface area contributed by atoms with Gasteiger partial charge in [-0.25, -0.2) is 4.39 Å². The van der Waals surface area contributed by atoms with E-state index in [1.807, 2.05) is 6.08 Å². The summed E-state index contributed by atoms with van der Waals surface area (Å²) in [6.45, 7) is 2.29. The summed E-state index contributed by atoms with van der Waals surface area (Å²) in [6.07, 6.45) is 10.8. The third-order valence-electron chi connectivity index (χ3n) is 3.98. The summed E-state index contributed by atoms with van der Waals surface area (Å²) in [5.74, 6) is 7.49. The monoisotopic (exact) mass is 256 g/mol. The number of allylic oxidation sites excluding steroid dienone is 2. The molecule has 0 atom stereocenters. The van der Waals surface area contributed by atoms with Gasteiger partial charge in [0.25, 0.3) is 0 Å². The van der Waals surface area contributed by atoms with Crippen molar-refractivity contribution in [3.05, 3.63) is 47.8 Å². The van der Waals surface area contributed by atoms with Crippen molar-refractivity contribution in [3.8, 4) is 11.8 Å². The second-order valence-electron chi connectivity index (χ2n) is 5.32. The highest BCUT2D eigenvalue weighted by Gasteiger charge is 2.17. The summed E-state index contributed by atoms with van der Waals surface area (Å²) in [6, 6.07) is 6.31. The van der Waals surface area contributed by atoms with E-state index in [1.165, 1.54) is 44.2 Å². The van der Waals surface area contributed by atoms with Crippen molar-refractivity contribution in [1.82, 2.24) is 0 Å². The molecule has 1 saturated carbocycles. The fraction of sp³-hybridized carbons (Fsp3) is 0.444. The van der Waals surface area contributed by atoms with Gasteiger partial charge in [0.1, 0.15) is 5.82 Å². The van der Waals surface area contributed by atoms with E-state index in [4.69, 9.17) is 0 Å². The van der Waals surface area contributed by atoms with Crippen molar-refractivity contribution in [3.63, 3.8) is 0 Å². The average Bonchev–Trinajstić information content (AvgIpc) is 2.46. The summed E-state index contributed by atoms with van der Waals surface area (Å²) in [4.78, 5) is 0. The van der Waals surface area contributed by atoms with Crippen LogP contribution < -0.4 is 0 Å². The fourth-order valence-electron chi connectivity index (χ4n) is 2.63. The van der Waals surface area contributed by atoms with Crippen LogP contribution in [0.4, 0.5) is 4.39 Å². The van der Waals surface area contributed by atoms with Crippen LogP contribution in [0, 0.1) is 29.5 Å². The zero-order chi connectivity index (χ0) is 13.5. The van der Waals surface area contributed by atoms with Gasteiger partial charge in [-0.05, 0) is 67.9 Å². The molecule has 1 aromatic carbocycles. The lowest BCUT2D eigenvalue weighted by Crippen LogP contribution is -2.11. The van der Waals surface area contributed by atoms with Crippen molar-refractivity contribution in [2.24, 2.45) is 11.8 Å². The molecule has 0 aliphatic heterocycles. The minimum Gasteiger partial charge on any atom is -0.207 e. The van der Waals surface area contributed by atoms with Crippen LogP contribution in [0.2, 0.25) is 0 Å². The van der Waals surface area contributed by atoms with Gasteiger partial charge in [-0.3, -0.25) is 0 Å². The van der Waals surface area contributed by atoms with E-state index in [1.54, 1.807) is 12.1 Å². The molecule has 0 amide bonds. The van der Waals surface area contributed by atoms with E-state index < -0.39 is 0 Å². The molecule has 1 aromatic rings. The lowest BCUT2D eigenvalue weighted by atomic mass is 9.81. The molecule has 19 heavy (non-hydrogen) atoms. The van der Waals surface area contributed by atoms with E-state index in [9.17, 15) is 4.39 Å². The summed E-state index contributed by atoms with van der Waals surface area (Å²) in [5.41, 5.74) is 0.862. The maximum absolute atomic E-state index is 12.7. The Kier molecular flexibility index (Phi) is 5.21. The molecule has 0 heterocycles. The molecule has 1 fully saturated rings. The zero-order valence-electron chi connectivity index (χ0n) is 11.5. The van der Waals surface area contributed by atoms with Gasteiger partial charge in [-0.2, -0.15) is 0 Å². The quantitative estimate of drug-likeness (QED) is 0.657. The molecular formula is C18H21F. The van der Waals surface area contributed by atoms with E-state index in [2.05, 4.69) is 24.8 Å². The highest BCUT2D eigenvalue weighted by Crippen LogP contribution is 2.31. The van der Waals surface area contributed by atoms with Crippen LogP contribution >= 0.6 is 0 Å². The van der Waals surface area contributed by atoms with Crippen LogP contribution in [0.5, 0.6) is 0 Å². The maximum atomic E-state index is 12.7. The molecule has 0 bridgehead atoms. The largest absolute Gasteiger partial charge is 0.207 e. The molecule has 100 valence electrons. The Morgan fingerprint density at radius 2 is 1.84 bits per heavy atom. The molecular weight excluding hydrogens is 235 g/mol. The molecule has 1 heteroatoms. The molecule has 0 spiro atoms. The average molecular weight is 256 g/mol.